The second-order valence-electron chi connectivity index (χ2n) is 5.27. The monoisotopic (exact) mass is 359 g/mol. The van der Waals surface area contributed by atoms with Crippen molar-refractivity contribution in [3.05, 3.63) is 65.6 Å². The van der Waals surface area contributed by atoms with Crippen LogP contribution in [0.25, 0.3) is 0 Å². The van der Waals surface area contributed by atoms with Crippen LogP contribution in [-0.2, 0) is 0 Å². The molecule has 0 bridgehead atoms. The zero-order valence-electron chi connectivity index (χ0n) is 13.4. The summed E-state index contributed by atoms with van der Waals surface area (Å²) < 4.78 is 40.0. The number of carbonyl (C=O) groups excluding carboxylic acids is 1. The van der Waals surface area contributed by atoms with E-state index < -0.39 is 17.5 Å². The van der Waals surface area contributed by atoms with Crippen LogP contribution in [-0.4, -0.2) is 21.0 Å². The fourth-order valence-electron chi connectivity index (χ4n) is 2.09. The summed E-state index contributed by atoms with van der Waals surface area (Å²) in [5.74, 6) is -4.13. The summed E-state index contributed by atoms with van der Waals surface area (Å²) in [5, 5.41) is 12.9. The van der Waals surface area contributed by atoms with E-state index in [2.05, 4.69) is 25.8 Å². The van der Waals surface area contributed by atoms with Crippen LogP contribution in [0.15, 0.2) is 42.6 Å². The third kappa shape index (κ3) is 3.77. The topological polar surface area (TPSA) is 79.8 Å². The molecule has 0 fully saturated rings. The molecule has 26 heavy (non-hydrogen) atoms. The third-order valence-corrected chi connectivity index (χ3v) is 3.40. The Hall–Kier alpha value is -3.49. The van der Waals surface area contributed by atoms with Crippen LogP contribution in [0.3, 0.4) is 0 Å². The van der Waals surface area contributed by atoms with Gasteiger partial charge in [0, 0.05) is 11.3 Å². The quantitative estimate of drug-likeness (QED) is 0.530. The standard InChI is InChI=1S/C17H12F3N5O/c1-9(26)10-2-4-11(5-3-10)22-17-24-14(8-21-25-17)23-13-7-6-12(18)15(19)16(13)20/h2-8H,1H3,(H2,22,23,24,25). The Morgan fingerprint density at radius 3 is 2.38 bits per heavy atom. The molecule has 0 radical (unpaired) electrons. The lowest BCUT2D eigenvalue weighted by Gasteiger charge is -2.09. The first-order valence-electron chi connectivity index (χ1n) is 7.42. The minimum Gasteiger partial charge on any atom is -0.336 e. The number of rotatable bonds is 5. The second-order valence-corrected chi connectivity index (χ2v) is 5.27. The number of Topliss-reactive ketones (excluding diaryl/α,β-unsaturated/α-hetero) is 1. The summed E-state index contributed by atoms with van der Waals surface area (Å²) in [6.07, 6.45) is 1.20. The largest absolute Gasteiger partial charge is 0.336 e. The Morgan fingerprint density at radius 1 is 0.962 bits per heavy atom. The molecule has 1 heterocycles. The third-order valence-electron chi connectivity index (χ3n) is 3.40. The highest BCUT2D eigenvalue weighted by Gasteiger charge is 2.14. The summed E-state index contributed by atoms with van der Waals surface area (Å²) >= 11 is 0. The van der Waals surface area contributed by atoms with Crippen molar-refractivity contribution < 1.29 is 18.0 Å². The number of carbonyl (C=O) groups is 1. The zero-order chi connectivity index (χ0) is 18.7. The van der Waals surface area contributed by atoms with Gasteiger partial charge in [0.15, 0.2) is 29.1 Å². The summed E-state index contributed by atoms with van der Waals surface area (Å²) in [7, 11) is 0. The summed E-state index contributed by atoms with van der Waals surface area (Å²) in [6.45, 7) is 1.46. The van der Waals surface area contributed by atoms with E-state index in [0.29, 0.717) is 11.3 Å². The molecule has 0 amide bonds. The zero-order valence-corrected chi connectivity index (χ0v) is 13.4. The molecule has 0 saturated heterocycles. The molecule has 132 valence electrons. The Labute approximate surface area is 146 Å². The molecule has 3 rings (SSSR count). The fourth-order valence-corrected chi connectivity index (χ4v) is 2.09. The minimum absolute atomic E-state index is 0.0609. The van der Waals surface area contributed by atoms with Crippen LogP contribution in [0.4, 0.5) is 36.3 Å². The van der Waals surface area contributed by atoms with Crippen molar-refractivity contribution in [3.8, 4) is 0 Å². The maximum absolute atomic E-state index is 13.7. The van der Waals surface area contributed by atoms with Crippen molar-refractivity contribution in [2.24, 2.45) is 0 Å². The SMILES string of the molecule is CC(=O)c1ccc(Nc2nncc(Nc3ccc(F)c(F)c3F)n2)cc1. The summed E-state index contributed by atoms with van der Waals surface area (Å²) in [4.78, 5) is 15.3. The van der Waals surface area contributed by atoms with E-state index >= 15 is 0 Å². The lowest BCUT2D eigenvalue weighted by molar-refractivity contribution is 0.101. The van der Waals surface area contributed by atoms with Crippen molar-refractivity contribution in [1.82, 2.24) is 15.2 Å². The van der Waals surface area contributed by atoms with Gasteiger partial charge < -0.3 is 10.6 Å². The van der Waals surface area contributed by atoms with Gasteiger partial charge in [0.25, 0.3) is 0 Å². The van der Waals surface area contributed by atoms with Crippen LogP contribution in [0.1, 0.15) is 17.3 Å². The molecule has 9 heteroatoms. The maximum Gasteiger partial charge on any atom is 0.249 e. The van der Waals surface area contributed by atoms with Crippen LogP contribution in [0, 0.1) is 17.5 Å². The Bertz CT molecular complexity index is 963. The molecule has 0 atom stereocenters. The van der Waals surface area contributed by atoms with Crippen molar-refractivity contribution in [1.29, 1.82) is 0 Å². The summed E-state index contributed by atoms with van der Waals surface area (Å²) in [6, 6.07) is 8.44. The van der Waals surface area contributed by atoms with Crippen molar-refractivity contribution in [3.63, 3.8) is 0 Å². The highest BCUT2D eigenvalue weighted by molar-refractivity contribution is 5.94. The van der Waals surface area contributed by atoms with Crippen LogP contribution < -0.4 is 10.6 Å². The van der Waals surface area contributed by atoms with Crippen LogP contribution in [0.2, 0.25) is 0 Å². The van der Waals surface area contributed by atoms with Crippen molar-refractivity contribution >= 4 is 28.9 Å². The molecule has 2 N–H and O–H groups in total. The predicted octanol–water partition coefficient (Wildman–Crippen LogP) is 3.98. The first kappa shape index (κ1) is 17.3. The molecule has 0 spiro atoms. The van der Waals surface area contributed by atoms with E-state index in [0.717, 1.165) is 12.1 Å². The molecule has 6 nitrogen and oxygen atoms in total. The van der Waals surface area contributed by atoms with Gasteiger partial charge >= 0.3 is 0 Å². The fraction of sp³-hybridized carbons (Fsp3) is 0.0588. The Kier molecular flexibility index (Phi) is 4.78. The molecule has 2 aromatic carbocycles. The van der Waals surface area contributed by atoms with Gasteiger partial charge in [0.2, 0.25) is 5.95 Å². The molecule has 0 saturated carbocycles. The van der Waals surface area contributed by atoms with Gasteiger partial charge in [-0.25, -0.2) is 13.2 Å². The van der Waals surface area contributed by atoms with Gasteiger partial charge in [-0.15, -0.1) is 5.10 Å². The highest BCUT2D eigenvalue weighted by atomic mass is 19.2. The molecule has 3 aromatic rings. The average Bonchev–Trinajstić information content (AvgIpc) is 2.63. The van der Waals surface area contributed by atoms with Crippen LogP contribution >= 0.6 is 0 Å². The van der Waals surface area contributed by atoms with Gasteiger partial charge in [-0.1, -0.05) is 0 Å². The molecule has 0 unspecified atom stereocenters. The van der Waals surface area contributed by atoms with E-state index in [1.54, 1.807) is 24.3 Å². The van der Waals surface area contributed by atoms with Gasteiger partial charge in [-0.3, -0.25) is 4.79 Å². The first-order chi connectivity index (χ1) is 12.4. The Morgan fingerprint density at radius 2 is 1.69 bits per heavy atom. The Balaban J connectivity index is 1.78. The van der Waals surface area contributed by atoms with Crippen LogP contribution in [0.5, 0.6) is 0 Å². The summed E-state index contributed by atoms with van der Waals surface area (Å²) in [5.41, 5.74) is 0.868. The van der Waals surface area contributed by atoms with E-state index in [1.165, 1.54) is 13.1 Å². The number of anilines is 4. The van der Waals surface area contributed by atoms with Gasteiger partial charge in [0.1, 0.15) is 0 Å². The van der Waals surface area contributed by atoms with Crippen molar-refractivity contribution in [2.75, 3.05) is 10.6 Å². The van der Waals surface area contributed by atoms with Gasteiger partial charge in [-0.05, 0) is 43.3 Å². The number of hydrogen-bond donors (Lipinski definition) is 2. The number of aromatic nitrogens is 3. The van der Waals surface area contributed by atoms with Crippen molar-refractivity contribution in [2.45, 2.75) is 6.92 Å². The number of halogens is 3. The molecular weight excluding hydrogens is 347 g/mol. The molecule has 0 aliphatic carbocycles. The number of benzene rings is 2. The minimum atomic E-state index is -1.58. The van der Waals surface area contributed by atoms with E-state index in [1.807, 2.05) is 0 Å². The molecule has 0 aliphatic rings. The second kappa shape index (κ2) is 7.18. The molecule has 1 aromatic heterocycles. The van der Waals surface area contributed by atoms with E-state index in [-0.39, 0.29) is 23.2 Å². The first-order valence-corrected chi connectivity index (χ1v) is 7.42. The van der Waals surface area contributed by atoms with Gasteiger partial charge in [0.05, 0.1) is 11.9 Å². The van der Waals surface area contributed by atoms with E-state index in [9.17, 15) is 18.0 Å². The normalized spacial score (nSPS) is 10.5. The molecule has 0 aliphatic heterocycles. The lowest BCUT2D eigenvalue weighted by Crippen LogP contribution is -2.04. The van der Waals surface area contributed by atoms with E-state index in [4.69, 9.17) is 0 Å². The number of ketones is 1. The maximum atomic E-state index is 13.7. The van der Waals surface area contributed by atoms with Gasteiger partial charge in [-0.2, -0.15) is 10.1 Å². The lowest BCUT2D eigenvalue weighted by atomic mass is 10.1. The average molecular weight is 359 g/mol. The number of hydrogen-bond acceptors (Lipinski definition) is 6. The predicted molar refractivity (Wildman–Crippen MR) is 89.2 cm³/mol. The highest BCUT2D eigenvalue weighted by Crippen LogP contribution is 2.23. The molecular formula is C17H12F3N5O. The number of nitrogens with zero attached hydrogens (tertiary/aromatic N) is 3. The number of nitrogens with one attached hydrogen (secondary N) is 2. The smallest absolute Gasteiger partial charge is 0.249 e.